The number of ether oxygens (including phenoxy) is 1. The molecule has 2 aromatic rings. The maximum Gasteiger partial charge on any atom is 0.274 e. The molecule has 1 aromatic heterocycles. The highest BCUT2D eigenvalue weighted by atomic mass is 35.5. The Kier molecular flexibility index (Phi) is 5.38. The highest BCUT2D eigenvalue weighted by Gasteiger charge is 2.45. The first kappa shape index (κ1) is 19.2. The molecule has 2 heterocycles. The second-order valence-corrected chi connectivity index (χ2v) is 6.60. The third-order valence-electron chi connectivity index (χ3n) is 4.20. The molecule has 0 fully saturated rings. The lowest BCUT2D eigenvalue weighted by Gasteiger charge is -2.34. The Morgan fingerprint density at radius 3 is 2.78 bits per heavy atom. The molecule has 6 nitrogen and oxygen atoms in total. The lowest BCUT2D eigenvalue weighted by atomic mass is 9.87. The van der Waals surface area contributed by atoms with Crippen LogP contribution < -0.4 is 11.1 Å². The summed E-state index contributed by atoms with van der Waals surface area (Å²) in [7, 11) is 0. The van der Waals surface area contributed by atoms with Crippen molar-refractivity contribution in [1.29, 1.82) is 0 Å². The summed E-state index contributed by atoms with van der Waals surface area (Å²) in [5.74, 6) is -0.490. The standard InChI is InChI=1S/C18H17ClF2N4O2/c1-10-2-4-12(24-16(26)14-5-3-11(19)7-23-14)6-13(10)18(17(20)21)9-27-8-15(22)25-18/h2-7,17H,8-9H2,1H3,(H2,22,25)(H,24,26). The third-order valence-corrected chi connectivity index (χ3v) is 4.42. The van der Waals surface area contributed by atoms with Crippen molar-refractivity contribution in [3.8, 4) is 0 Å². The first-order valence-electron chi connectivity index (χ1n) is 8.06. The quantitative estimate of drug-likeness (QED) is 0.833. The highest BCUT2D eigenvalue weighted by molar-refractivity contribution is 6.30. The molecule has 0 saturated heterocycles. The minimum atomic E-state index is -2.83. The number of carbonyl (C=O) groups excluding carboxylic acids is 1. The molecule has 1 atom stereocenters. The Labute approximate surface area is 159 Å². The number of alkyl halides is 2. The molecule has 3 N–H and O–H groups in total. The Morgan fingerprint density at radius 1 is 1.37 bits per heavy atom. The summed E-state index contributed by atoms with van der Waals surface area (Å²) >= 11 is 5.76. The number of aryl methyl sites for hydroxylation is 1. The van der Waals surface area contributed by atoms with Gasteiger partial charge in [-0.3, -0.25) is 9.79 Å². The molecule has 0 saturated carbocycles. The van der Waals surface area contributed by atoms with Crippen molar-refractivity contribution >= 4 is 29.0 Å². The van der Waals surface area contributed by atoms with Crippen molar-refractivity contribution in [1.82, 2.24) is 4.98 Å². The number of carbonyl (C=O) groups is 1. The van der Waals surface area contributed by atoms with Gasteiger partial charge < -0.3 is 15.8 Å². The second kappa shape index (κ2) is 7.58. The predicted octanol–water partition coefficient (Wildman–Crippen LogP) is 3.14. The molecule has 3 rings (SSSR count). The van der Waals surface area contributed by atoms with Gasteiger partial charge in [0.05, 0.1) is 11.6 Å². The van der Waals surface area contributed by atoms with Gasteiger partial charge in [-0.25, -0.2) is 13.8 Å². The molecule has 142 valence electrons. The van der Waals surface area contributed by atoms with Crippen molar-refractivity contribution in [2.75, 3.05) is 18.5 Å². The monoisotopic (exact) mass is 394 g/mol. The fourth-order valence-corrected chi connectivity index (χ4v) is 2.98. The van der Waals surface area contributed by atoms with Crippen molar-refractivity contribution in [3.63, 3.8) is 0 Å². The summed E-state index contributed by atoms with van der Waals surface area (Å²) < 4.78 is 33.1. The number of amidine groups is 1. The molecule has 1 aromatic carbocycles. The van der Waals surface area contributed by atoms with Gasteiger partial charge >= 0.3 is 0 Å². The van der Waals surface area contributed by atoms with E-state index in [0.717, 1.165) is 0 Å². The molecular formula is C18H17ClF2N4O2. The van der Waals surface area contributed by atoms with Gasteiger partial charge in [0.2, 0.25) is 0 Å². The number of pyridine rings is 1. The summed E-state index contributed by atoms with van der Waals surface area (Å²) in [6, 6.07) is 7.70. The van der Waals surface area contributed by atoms with Gasteiger partial charge in [0.1, 0.15) is 18.1 Å². The zero-order chi connectivity index (χ0) is 19.6. The minimum Gasteiger partial charge on any atom is -0.385 e. The molecule has 1 amide bonds. The predicted molar refractivity (Wildman–Crippen MR) is 98.5 cm³/mol. The van der Waals surface area contributed by atoms with E-state index in [0.29, 0.717) is 16.3 Å². The molecule has 0 spiro atoms. The normalized spacial score (nSPS) is 19.7. The van der Waals surface area contributed by atoms with E-state index in [1.54, 1.807) is 19.1 Å². The van der Waals surface area contributed by atoms with Crippen molar-refractivity contribution < 1.29 is 18.3 Å². The molecule has 1 aliphatic heterocycles. The molecule has 9 heteroatoms. The minimum absolute atomic E-state index is 0.000697. The first-order chi connectivity index (χ1) is 12.8. The van der Waals surface area contributed by atoms with Crippen molar-refractivity contribution in [3.05, 3.63) is 58.4 Å². The van der Waals surface area contributed by atoms with E-state index in [4.69, 9.17) is 22.1 Å². The molecule has 0 aliphatic carbocycles. The fourth-order valence-electron chi connectivity index (χ4n) is 2.87. The van der Waals surface area contributed by atoms with Crippen molar-refractivity contribution in [2.45, 2.75) is 18.9 Å². The Hall–Kier alpha value is -2.58. The molecule has 0 bridgehead atoms. The number of nitrogens with one attached hydrogen (secondary N) is 1. The highest BCUT2D eigenvalue weighted by Crippen LogP contribution is 2.38. The molecule has 27 heavy (non-hydrogen) atoms. The maximum atomic E-state index is 14.0. The number of hydrogen-bond donors (Lipinski definition) is 2. The van der Waals surface area contributed by atoms with Crippen LogP contribution in [0.3, 0.4) is 0 Å². The van der Waals surface area contributed by atoms with Gasteiger partial charge in [-0.2, -0.15) is 0 Å². The summed E-state index contributed by atoms with van der Waals surface area (Å²) in [5, 5.41) is 3.04. The average Bonchev–Trinajstić information content (AvgIpc) is 2.63. The smallest absolute Gasteiger partial charge is 0.274 e. The number of benzene rings is 1. The summed E-state index contributed by atoms with van der Waals surface area (Å²) in [4.78, 5) is 20.3. The lowest BCUT2D eigenvalue weighted by Crippen LogP contribution is -2.45. The Morgan fingerprint density at radius 2 is 2.15 bits per heavy atom. The van der Waals surface area contributed by atoms with Crippen LogP contribution in [-0.4, -0.2) is 36.4 Å². The molecular weight excluding hydrogens is 378 g/mol. The third kappa shape index (κ3) is 3.91. The summed E-state index contributed by atoms with van der Waals surface area (Å²) in [6.45, 7) is 1.39. The van der Waals surface area contributed by atoms with E-state index in [-0.39, 0.29) is 30.3 Å². The van der Waals surface area contributed by atoms with Crippen LogP contribution in [0, 0.1) is 6.92 Å². The van der Waals surface area contributed by atoms with Crippen LogP contribution in [0.5, 0.6) is 0 Å². The van der Waals surface area contributed by atoms with E-state index in [1.165, 1.54) is 24.4 Å². The van der Waals surface area contributed by atoms with Gasteiger partial charge in [-0.05, 0) is 42.3 Å². The van der Waals surface area contributed by atoms with Gasteiger partial charge in [-0.1, -0.05) is 17.7 Å². The van der Waals surface area contributed by atoms with Gasteiger partial charge in [0.25, 0.3) is 12.3 Å². The fraction of sp³-hybridized carbons (Fsp3) is 0.278. The van der Waals surface area contributed by atoms with Crippen molar-refractivity contribution in [2.24, 2.45) is 10.7 Å². The lowest BCUT2D eigenvalue weighted by molar-refractivity contribution is -0.0132. The number of nitrogens with two attached hydrogens (primary N) is 1. The Balaban J connectivity index is 1.95. The van der Waals surface area contributed by atoms with Crippen LogP contribution in [0.25, 0.3) is 0 Å². The summed E-state index contributed by atoms with van der Waals surface area (Å²) in [5.41, 5.74) is 5.03. The Bertz CT molecular complexity index is 889. The van der Waals surface area contributed by atoms with Gasteiger partial charge in [0.15, 0.2) is 5.54 Å². The van der Waals surface area contributed by atoms with E-state index in [1.807, 2.05) is 0 Å². The number of rotatable bonds is 4. The average molecular weight is 395 g/mol. The van der Waals surface area contributed by atoms with E-state index >= 15 is 0 Å². The molecule has 1 unspecified atom stereocenters. The summed E-state index contributed by atoms with van der Waals surface area (Å²) in [6.07, 6.45) is -1.49. The number of nitrogens with zero attached hydrogens (tertiary/aromatic N) is 2. The molecule has 1 aliphatic rings. The number of halogens is 3. The van der Waals surface area contributed by atoms with E-state index in [2.05, 4.69) is 15.3 Å². The van der Waals surface area contributed by atoms with Crippen LogP contribution in [0.2, 0.25) is 5.02 Å². The van der Waals surface area contributed by atoms with Crippen LogP contribution in [0.4, 0.5) is 14.5 Å². The number of aromatic nitrogens is 1. The zero-order valence-corrected chi connectivity index (χ0v) is 15.1. The van der Waals surface area contributed by atoms with E-state index in [9.17, 15) is 13.6 Å². The number of aliphatic imine (C=N–C) groups is 1. The van der Waals surface area contributed by atoms with Crippen LogP contribution >= 0.6 is 11.6 Å². The first-order valence-corrected chi connectivity index (χ1v) is 8.44. The van der Waals surface area contributed by atoms with Gasteiger partial charge in [-0.15, -0.1) is 0 Å². The van der Waals surface area contributed by atoms with Crippen LogP contribution in [0.15, 0.2) is 41.5 Å². The number of amides is 1. The number of hydrogen-bond acceptors (Lipinski definition) is 5. The SMILES string of the molecule is Cc1ccc(NC(=O)c2ccc(Cl)cn2)cc1C1(C(F)F)COCC(N)=N1. The second-order valence-electron chi connectivity index (χ2n) is 6.17. The van der Waals surface area contributed by atoms with Crippen LogP contribution in [0.1, 0.15) is 21.6 Å². The largest absolute Gasteiger partial charge is 0.385 e. The van der Waals surface area contributed by atoms with E-state index < -0.39 is 17.9 Å². The van der Waals surface area contributed by atoms with Gasteiger partial charge in [0, 0.05) is 11.9 Å². The maximum absolute atomic E-state index is 14.0. The zero-order valence-electron chi connectivity index (χ0n) is 14.4. The topological polar surface area (TPSA) is 89.6 Å². The molecule has 0 radical (unpaired) electrons. The number of anilines is 1. The van der Waals surface area contributed by atoms with Crippen LogP contribution in [-0.2, 0) is 10.3 Å².